The Morgan fingerprint density at radius 2 is 2.08 bits per heavy atom. The average molecular weight is 388 g/mol. The first-order valence-electron chi connectivity index (χ1n) is 6.94. The van der Waals surface area contributed by atoms with Crippen molar-refractivity contribution in [3.8, 4) is 17.6 Å². The molecular weight excluding hydrogens is 374 g/mol. The van der Waals surface area contributed by atoms with Crippen LogP contribution in [-0.2, 0) is 11.4 Å². The normalized spacial score (nSPS) is 10.4. The topological polar surface area (TPSA) is 79.6 Å². The Balaban J connectivity index is 2.26. The third kappa shape index (κ3) is 4.37. The van der Waals surface area contributed by atoms with Crippen LogP contribution in [0.4, 0.5) is 0 Å². The number of nitrogens with zero attached hydrogens (tertiary/aromatic N) is 1. The van der Waals surface area contributed by atoms with Crippen molar-refractivity contribution in [2.75, 3.05) is 7.11 Å². The van der Waals surface area contributed by atoms with E-state index in [9.17, 15) is 4.79 Å². The molecule has 0 spiro atoms. The van der Waals surface area contributed by atoms with Gasteiger partial charge in [-0.25, -0.2) is 4.79 Å². The first-order valence-corrected chi connectivity index (χ1v) is 7.73. The van der Waals surface area contributed by atoms with Crippen LogP contribution < -0.4 is 9.47 Å². The zero-order chi connectivity index (χ0) is 17.5. The van der Waals surface area contributed by atoms with Gasteiger partial charge < -0.3 is 14.6 Å². The van der Waals surface area contributed by atoms with E-state index in [1.165, 1.54) is 13.2 Å². The van der Waals surface area contributed by atoms with Gasteiger partial charge in [0.2, 0.25) is 0 Å². The van der Waals surface area contributed by atoms with Crippen molar-refractivity contribution in [1.29, 1.82) is 5.26 Å². The number of carboxylic acids is 1. The van der Waals surface area contributed by atoms with E-state index < -0.39 is 5.97 Å². The molecule has 0 saturated heterocycles. The smallest absolute Gasteiger partial charge is 0.328 e. The lowest BCUT2D eigenvalue weighted by molar-refractivity contribution is -0.131. The number of benzene rings is 2. The van der Waals surface area contributed by atoms with Crippen LogP contribution in [0.3, 0.4) is 0 Å². The first-order chi connectivity index (χ1) is 11.5. The summed E-state index contributed by atoms with van der Waals surface area (Å²) in [6.45, 7) is 0.219. The molecule has 2 aromatic rings. The highest BCUT2D eigenvalue weighted by molar-refractivity contribution is 9.10. The van der Waals surface area contributed by atoms with Crippen LogP contribution in [0.1, 0.15) is 16.7 Å². The zero-order valence-corrected chi connectivity index (χ0v) is 14.4. The molecular formula is C18H14BrNO4. The molecule has 122 valence electrons. The van der Waals surface area contributed by atoms with Gasteiger partial charge in [0.25, 0.3) is 0 Å². The van der Waals surface area contributed by atoms with Gasteiger partial charge in [0.05, 0.1) is 18.7 Å². The Morgan fingerprint density at radius 3 is 2.75 bits per heavy atom. The summed E-state index contributed by atoms with van der Waals surface area (Å²) in [6, 6.07) is 12.7. The molecule has 0 saturated carbocycles. The Morgan fingerprint density at radius 1 is 1.33 bits per heavy atom. The predicted molar refractivity (Wildman–Crippen MR) is 92.9 cm³/mol. The van der Waals surface area contributed by atoms with E-state index in [1.807, 2.05) is 12.1 Å². The fourth-order valence-electron chi connectivity index (χ4n) is 2.02. The molecule has 5 nitrogen and oxygen atoms in total. The lowest BCUT2D eigenvalue weighted by Gasteiger charge is -2.13. The fraction of sp³-hybridized carbons (Fsp3) is 0.111. The maximum absolute atomic E-state index is 10.6. The van der Waals surface area contributed by atoms with Crippen molar-refractivity contribution in [3.05, 3.63) is 63.6 Å². The van der Waals surface area contributed by atoms with E-state index >= 15 is 0 Å². The number of ether oxygens (including phenoxy) is 2. The molecule has 2 rings (SSSR count). The van der Waals surface area contributed by atoms with E-state index in [1.54, 1.807) is 24.3 Å². The molecule has 0 bridgehead atoms. The summed E-state index contributed by atoms with van der Waals surface area (Å²) in [6.07, 6.45) is 2.51. The maximum Gasteiger partial charge on any atom is 0.328 e. The third-order valence-electron chi connectivity index (χ3n) is 3.21. The second kappa shape index (κ2) is 8.18. The molecule has 0 radical (unpaired) electrons. The van der Waals surface area contributed by atoms with Gasteiger partial charge in [0.15, 0.2) is 11.5 Å². The second-order valence-corrected chi connectivity index (χ2v) is 5.61. The highest BCUT2D eigenvalue weighted by atomic mass is 79.9. The summed E-state index contributed by atoms with van der Waals surface area (Å²) >= 11 is 3.38. The summed E-state index contributed by atoms with van der Waals surface area (Å²) in [4.78, 5) is 10.6. The Bertz CT molecular complexity index is 824. The molecule has 0 amide bonds. The second-order valence-electron chi connectivity index (χ2n) is 4.75. The predicted octanol–water partition coefficient (Wildman–Crippen LogP) is 4.01. The number of halogens is 1. The zero-order valence-electron chi connectivity index (χ0n) is 12.8. The van der Waals surface area contributed by atoms with Gasteiger partial charge in [-0.2, -0.15) is 5.26 Å². The summed E-state index contributed by atoms with van der Waals surface area (Å²) in [5, 5.41) is 17.8. The molecule has 0 heterocycles. The summed E-state index contributed by atoms with van der Waals surface area (Å²) < 4.78 is 11.7. The van der Waals surface area contributed by atoms with E-state index in [2.05, 4.69) is 22.0 Å². The minimum atomic E-state index is -1.03. The highest BCUT2D eigenvalue weighted by Crippen LogP contribution is 2.34. The molecule has 0 atom stereocenters. The van der Waals surface area contributed by atoms with Crippen molar-refractivity contribution in [3.63, 3.8) is 0 Å². The molecule has 1 N–H and O–H groups in total. The lowest BCUT2D eigenvalue weighted by atomic mass is 10.1. The van der Waals surface area contributed by atoms with Gasteiger partial charge >= 0.3 is 5.97 Å². The average Bonchev–Trinajstić information content (AvgIpc) is 2.59. The number of hydrogen-bond donors (Lipinski definition) is 1. The van der Waals surface area contributed by atoms with Crippen molar-refractivity contribution in [2.24, 2.45) is 0 Å². The number of hydrogen-bond acceptors (Lipinski definition) is 4. The van der Waals surface area contributed by atoms with Crippen molar-refractivity contribution < 1.29 is 19.4 Å². The third-order valence-corrected chi connectivity index (χ3v) is 3.90. The molecule has 6 heteroatoms. The number of aliphatic carboxylic acids is 1. The molecule has 24 heavy (non-hydrogen) atoms. The van der Waals surface area contributed by atoms with Crippen LogP contribution in [0.2, 0.25) is 0 Å². The molecule has 0 aliphatic rings. The monoisotopic (exact) mass is 387 g/mol. The number of nitriles is 1. The van der Waals surface area contributed by atoms with Crippen LogP contribution in [0.15, 0.2) is 46.9 Å². The van der Waals surface area contributed by atoms with Crippen molar-refractivity contribution >= 4 is 28.0 Å². The molecule has 2 aromatic carbocycles. The van der Waals surface area contributed by atoms with Crippen LogP contribution in [-0.4, -0.2) is 18.2 Å². The van der Waals surface area contributed by atoms with Crippen LogP contribution in [0.5, 0.6) is 11.5 Å². The quantitative estimate of drug-likeness (QED) is 0.757. The van der Waals surface area contributed by atoms with E-state index in [4.69, 9.17) is 19.8 Å². The standard InChI is InChI=1S/C18H14BrNO4/c1-23-16-8-12(6-7-18(21)22)15(19)9-17(16)24-11-14-5-3-2-4-13(14)10-20/h2-9H,11H2,1H3,(H,21,22). The summed E-state index contributed by atoms with van der Waals surface area (Å²) in [7, 11) is 1.50. The maximum atomic E-state index is 10.6. The highest BCUT2D eigenvalue weighted by Gasteiger charge is 2.10. The SMILES string of the molecule is COc1cc(C=CC(=O)O)c(Br)cc1OCc1ccccc1C#N. The van der Waals surface area contributed by atoms with Gasteiger partial charge in [-0.15, -0.1) is 0 Å². The van der Waals surface area contributed by atoms with Crippen LogP contribution >= 0.6 is 15.9 Å². The van der Waals surface area contributed by atoms with Gasteiger partial charge in [-0.05, 0) is 29.8 Å². The molecule has 0 aliphatic heterocycles. The van der Waals surface area contributed by atoms with Gasteiger partial charge in [0.1, 0.15) is 6.61 Å². The number of carbonyl (C=O) groups is 1. The van der Waals surface area contributed by atoms with E-state index in [-0.39, 0.29) is 6.61 Å². The van der Waals surface area contributed by atoms with Gasteiger partial charge in [0, 0.05) is 16.1 Å². The van der Waals surface area contributed by atoms with Crippen LogP contribution in [0.25, 0.3) is 6.08 Å². The lowest BCUT2D eigenvalue weighted by Crippen LogP contribution is -2.00. The van der Waals surface area contributed by atoms with Crippen molar-refractivity contribution in [1.82, 2.24) is 0 Å². The summed E-state index contributed by atoms with van der Waals surface area (Å²) in [5.74, 6) is -0.0726. The summed E-state index contributed by atoms with van der Waals surface area (Å²) in [5.41, 5.74) is 1.98. The Hall–Kier alpha value is -2.78. The number of methoxy groups -OCH3 is 1. The minimum Gasteiger partial charge on any atom is -0.493 e. The largest absolute Gasteiger partial charge is 0.493 e. The van der Waals surface area contributed by atoms with Gasteiger partial charge in [-0.3, -0.25) is 0 Å². The van der Waals surface area contributed by atoms with Crippen LogP contribution in [0, 0.1) is 11.3 Å². The molecule has 0 unspecified atom stereocenters. The molecule has 0 fully saturated rings. The molecule has 0 aliphatic carbocycles. The van der Waals surface area contributed by atoms with Crippen molar-refractivity contribution in [2.45, 2.75) is 6.61 Å². The van der Waals surface area contributed by atoms with E-state index in [0.717, 1.165) is 11.6 Å². The number of carboxylic acid groups (broad SMARTS) is 1. The molecule has 0 aromatic heterocycles. The fourth-order valence-corrected chi connectivity index (χ4v) is 2.48. The minimum absolute atomic E-state index is 0.219. The number of rotatable bonds is 6. The first kappa shape index (κ1) is 17.6. The van der Waals surface area contributed by atoms with E-state index in [0.29, 0.717) is 27.1 Å². The van der Waals surface area contributed by atoms with Gasteiger partial charge in [-0.1, -0.05) is 34.1 Å². The Kier molecular flexibility index (Phi) is 5.99. The Labute approximate surface area is 147 Å².